The van der Waals surface area contributed by atoms with Gasteiger partial charge in [-0.3, -0.25) is 0 Å². The highest BCUT2D eigenvalue weighted by Crippen LogP contribution is 2.37. The molecule has 18 heavy (non-hydrogen) atoms. The first-order chi connectivity index (χ1) is 8.43. The Bertz CT molecular complexity index is 370. The summed E-state index contributed by atoms with van der Waals surface area (Å²) in [6.07, 6.45) is -2.24. The molecule has 0 radical (unpaired) electrons. The number of rotatable bonds is 7. The minimum absolute atomic E-state index is 0.218. The van der Waals surface area contributed by atoms with Crippen molar-refractivity contribution in [2.75, 3.05) is 6.54 Å². The van der Waals surface area contributed by atoms with Crippen LogP contribution in [0.15, 0.2) is 0 Å². The SMILES string of the molecule is CCCNC(CC)c1nnc(C(F)(F)C(F)F)s1. The molecule has 0 aliphatic rings. The fourth-order valence-electron chi connectivity index (χ4n) is 1.33. The summed E-state index contributed by atoms with van der Waals surface area (Å²) in [5.41, 5.74) is 0. The molecule has 0 amide bonds. The molecule has 1 aromatic rings. The van der Waals surface area contributed by atoms with Gasteiger partial charge >= 0.3 is 12.3 Å². The average Bonchev–Trinajstić information content (AvgIpc) is 2.80. The third-order valence-electron chi connectivity index (χ3n) is 2.35. The van der Waals surface area contributed by atoms with Crippen LogP contribution in [-0.2, 0) is 5.92 Å². The van der Waals surface area contributed by atoms with Gasteiger partial charge in [-0.2, -0.15) is 8.78 Å². The lowest BCUT2D eigenvalue weighted by Crippen LogP contribution is -2.23. The van der Waals surface area contributed by atoms with Crippen molar-refractivity contribution in [3.05, 3.63) is 10.0 Å². The Hall–Kier alpha value is -0.760. The summed E-state index contributed by atoms with van der Waals surface area (Å²) in [7, 11) is 0. The third kappa shape index (κ3) is 3.38. The van der Waals surface area contributed by atoms with E-state index in [1.165, 1.54) is 0 Å². The van der Waals surface area contributed by atoms with Crippen molar-refractivity contribution in [3.8, 4) is 0 Å². The average molecular weight is 285 g/mol. The molecular formula is C10H15F4N3S. The van der Waals surface area contributed by atoms with Gasteiger partial charge in [0, 0.05) is 0 Å². The summed E-state index contributed by atoms with van der Waals surface area (Å²) >= 11 is 0.537. The molecule has 3 nitrogen and oxygen atoms in total. The highest BCUT2D eigenvalue weighted by atomic mass is 32.1. The van der Waals surface area contributed by atoms with Crippen LogP contribution in [0.25, 0.3) is 0 Å². The first kappa shape index (κ1) is 15.3. The van der Waals surface area contributed by atoms with E-state index in [0.29, 0.717) is 29.3 Å². The van der Waals surface area contributed by atoms with Crippen molar-refractivity contribution >= 4 is 11.3 Å². The van der Waals surface area contributed by atoms with Crippen molar-refractivity contribution < 1.29 is 17.6 Å². The van der Waals surface area contributed by atoms with E-state index in [1.54, 1.807) is 0 Å². The molecule has 0 fully saturated rings. The molecule has 0 aliphatic carbocycles. The molecule has 1 heterocycles. The second kappa shape index (κ2) is 6.42. The normalized spacial score (nSPS) is 14.2. The molecule has 0 spiro atoms. The Morgan fingerprint density at radius 2 is 1.94 bits per heavy atom. The van der Waals surface area contributed by atoms with Gasteiger partial charge in [-0.1, -0.05) is 25.2 Å². The number of halogens is 4. The Morgan fingerprint density at radius 1 is 1.28 bits per heavy atom. The van der Waals surface area contributed by atoms with Gasteiger partial charge in [-0.15, -0.1) is 10.2 Å². The number of alkyl halides is 4. The van der Waals surface area contributed by atoms with Crippen molar-refractivity contribution in [1.29, 1.82) is 0 Å². The van der Waals surface area contributed by atoms with E-state index in [2.05, 4.69) is 15.5 Å². The summed E-state index contributed by atoms with van der Waals surface area (Å²) in [5.74, 6) is -4.22. The van der Waals surface area contributed by atoms with E-state index in [0.717, 1.165) is 6.42 Å². The van der Waals surface area contributed by atoms with E-state index >= 15 is 0 Å². The summed E-state index contributed by atoms with van der Waals surface area (Å²) < 4.78 is 50.4. The smallest absolute Gasteiger partial charge is 0.308 e. The van der Waals surface area contributed by atoms with Crippen LogP contribution in [0.5, 0.6) is 0 Å². The van der Waals surface area contributed by atoms with E-state index in [9.17, 15) is 17.6 Å². The zero-order valence-electron chi connectivity index (χ0n) is 10.1. The Balaban J connectivity index is 2.84. The monoisotopic (exact) mass is 285 g/mol. The number of nitrogens with one attached hydrogen (secondary N) is 1. The first-order valence-corrected chi connectivity index (χ1v) is 6.48. The van der Waals surface area contributed by atoms with E-state index in [1.807, 2.05) is 13.8 Å². The van der Waals surface area contributed by atoms with Crippen LogP contribution in [0, 0.1) is 0 Å². The standard InChI is InChI=1S/C10H15F4N3S/c1-3-5-15-6(4-2)7-16-17-9(18-7)10(13,14)8(11)12/h6,8,15H,3-5H2,1-2H3. The van der Waals surface area contributed by atoms with Crippen molar-refractivity contribution in [2.45, 2.75) is 45.1 Å². The van der Waals surface area contributed by atoms with Gasteiger partial charge in [0.2, 0.25) is 0 Å². The summed E-state index contributed by atoms with van der Waals surface area (Å²) in [4.78, 5) is 0. The van der Waals surface area contributed by atoms with Crippen LogP contribution in [0.4, 0.5) is 17.6 Å². The predicted molar refractivity (Wildman–Crippen MR) is 61.1 cm³/mol. The largest absolute Gasteiger partial charge is 0.359 e. The van der Waals surface area contributed by atoms with Gasteiger partial charge in [0.05, 0.1) is 6.04 Å². The molecular weight excluding hydrogens is 270 g/mol. The van der Waals surface area contributed by atoms with Crippen LogP contribution >= 0.6 is 11.3 Å². The van der Waals surface area contributed by atoms with E-state index < -0.39 is 17.4 Å². The summed E-state index contributed by atoms with van der Waals surface area (Å²) in [6.45, 7) is 4.54. The molecule has 0 saturated carbocycles. The first-order valence-electron chi connectivity index (χ1n) is 5.66. The highest BCUT2D eigenvalue weighted by molar-refractivity contribution is 7.11. The van der Waals surface area contributed by atoms with Crippen LogP contribution in [0.1, 0.15) is 42.7 Å². The number of hydrogen-bond acceptors (Lipinski definition) is 4. The van der Waals surface area contributed by atoms with Gasteiger partial charge in [0.25, 0.3) is 0 Å². The second-order valence-electron chi connectivity index (χ2n) is 3.78. The van der Waals surface area contributed by atoms with Crippen molar-refractivity contribution in [1.82, 2.24) is 15.5 Å². The van der Waals surface area contributed by atoms with Crippen LogP contribution in [-0.4, -0.2) is 23.2 Å². The molecule has 0 bridgehead atoms. The molecule has 104 valence electrons. The van der Waals surface area contributed by atoms with Gasteiger partial charge in [-0.05, 0) is 19.4 Å². The van der Waals surface area contributed by atoms with Crippen LogP contribution in [0.2, 0.25) is 0 Å². The number of aromatic nitrogens is 2. The van der Waals surface area contributed by atoms with Gasteiger partial charge in [0.1, 0.15) is 5.01 Å². The Labute approximate surface area is 107 Å². The second-order valence-corrected chi connectivity index (χ2v) is 4.79. The Morgan fingerprint density at radius 3 is 2.44 bits per heavy atom. The van der Waals surface area contributed by atoms with Crippen LogP contribution in [0.3, 0.4) is 0 Å². The summed E-state index contributed by atoms with van der Waals surface area (Å²) in [6, 6.07) is -0.218. The quantitative estimate of drug-likeness (QED) is 0.781. The molecule has 0 aromatic carbocycles. The van der Waals surface area contributed by atoms with Gasteiger partial charge in [-0.25, -0.2) is 8.78 Å². The van der Waals surface area contributed by atoms with Crippen molar-refractivity contribution in [3.63, 3.8) is 0 Å². The molecule has 1 rings (SSSR count). The maximum absolute atomic E-state index is 13.0. The minimum atomic E-state index is -4.22. The molecule has 1 aromatic heterocycles. The number of hydrogen-bond donors (Lipinski definition) is 1. The Kier molecular flexibility index (Phi) is 5.46. The third-order valence-corrected chi connectivity index (χ3v) is 3.47. The molecule has 0 saturated heterocycles. The zero-order chi connectivity index (χ0) is 13.8. The van der Waals surface area contributed by atoms with Gasteiger partial charge < -0.3 is 5.32 Å². The number of nitrogens with zero attached hydrogens (tertiary/aromatic N) is 2. The lowest BCUT2D eigenvalue weighted by Gasteiger charge is -2.13. The molecule has 8 heteroatoms. The molecule has 1 atom stereocenters. The maximum Gasteiger partial charge on any atom is 0.359 e. The molecule has 1 N–H and O–H groups in total. The zero-order valence-corrected chi connectivity index (χ0v) is 10.9. The van der Waals surface area contributed by atoms with Gasteiger partial charge in [0.15, 0.2) is 5.01 Å². The lowest BCUT2D eigenvalue weighted by atomic mass is 10.2. The fourth-order valence-corrected chi connectivity index (χ4v) is 2.31. The lowest BCUT2D eigenvalue weighted by molar-refractivity contribution is -0.135. The highest BCUT2D eigenvalue weighted by Gasteiger charge is 2.46. The molecule has 1 unspecified atom stereocenters. The predicted octanol–water partition coefficient (Wildman–Crippen LogP) is 3.35. The fraction of sp³-hybridized carbons (Fsp3) is 0.800. The van der Waals surface area contributed by atoms with Crippen molar-refractivity contribution in [2.24, 2.45) is 0 Å². The van der Waals surface area contributed by atoms with E-state index in [-0.39, 0.29) is 6.04 Å². The molecule has 0 aliphatic heterocycles. The van der Waals surface area contributed by atoms with Crippen LogP contribution < -0.4 is 5.32 Å². The topological polar surface area (TPSA) is 37.8 Å². The van der Waals surface area contributed by atoms with E-state index in [4.69, 9.17) is 0 Å². The maximum atomic E-state index is 13.0. The minimum Gasteiger partial charge on any atom is -0.308 e. The summed E-state index contributed by atoms with van der Waals surface area (Å²) in [5, 5.41) is 9.27.